The lowest BCUT2D eigenvalue weighted by Gasteiger charge is -2.25. The second-order valence-electron chi connectivity index (χ2n) is 5.47. The highest BCUT2D eigenvalue weighted by atomic mass is 32.2. The van der Waals surface area contributed by atoms with Gasteiger partial charge in [-0.3, -0.25) is 0 Å². The summed E-state index contributed by atoms with van der Waals surface area (Å²) in [5.74, 6) is -0.101. The number of nitrogens with one attached hydrogen (secondary N) is 1. The molecule has 0 heterocycles. The van der Waals surface area contributed by atoms with Gasteiger partial charge in [-0.1, -0.05) is 32.0 Å². The van der Waals surface area contributed by atoms with E-state index in [1.165, 1.54) is 0 Å². The Morgan fingerprint density at radius 1 is 1.00 bits per heavy atom. The van der Waals surface area contributed by atoms with Crippen molar-refractivity contribution in [1.29, 1.82) is 0 Å². The fraction of sp³-hybridized carbons (Fsp3) is 0.588. The van der Waals surface area contributed by atoms with E-state index in [9.17, 15) is 13.2 Å². The van der Waals surface area contributed by atoms with E-state index in [1.807, 2.05) is 6.92 Å². The summed E-state index contributed by atoms with van der Waals surface area (Å²) in [6, 6.07) is 8.08. The van der Waals surface area contributed by atoms with E-state index in [-0.39, 0.29) is 23.2 Å². The van der Waals surface area contributed by atoms with Crippen LogP contribution in [0.2, 0.25) is 0 Å². The van der Waals surface area contributed by atoms with Gasteiger partial charge in [-0.05, 0) is 32.1 Å². The maximum absolute atomic E-state index is 12.2. The van der Waals surface area contributed by atoms with Crippen molar-refractivity contribution < 1.29 is 13.2 Å². The second kappa shape index (κ2) is 10.3. The lowest BCUT2D eigenvalue weighted by Crippen LogP contribution is -2.45. The first kappa shape index (κ1) is 20.4. The molecule has 0 unspecified atom stereocenters. The average molecular weight is 356 g/mol. The number of nitrogens with zero attached hydrogens (tertiary/aromatic N) is 2. The molecule has 0 fully saturated rings. The Morgan fingerprint density at radius 2 is 1.62 bits per heavy atom. The molecule has 0 aliphatic rings. The van der Waals surface area contributed by atoms with Gasteiger partial charge in [0.2, 0.25) is 0 Å². The first-order chi connectivity index (χ1) is 11.4. The normalized spacial score (nSPS) is 11.5. The van der Waals surface area contributed by atoms with Crippen LogP contribution in [0.25, 0.3) is 0 Å². The number of likely N-dealkylation sites (N-methyl/N-ethyl adjacent to an activating group) is 2. The molecule has 0 aromatic heterocycles. The first-order valence-corrected chi connectivity index (χ1v) is 10.1. The lowest BCUT2D eigenvalue weighted by molar-refractivity contribution is 0.189. The van der Waals surface area contributed by atoms with Crippen molar-refractivity contribution in [3.8, 4) is 0 Å². The van der Waals surface area contributed by atoms with Gasteiger partial charge in [0.1, 0.15) is 0 Å². The highest BCUT2D eigenvalue weighted by Crippen LogP contribution is 2.09. The maximum atomic E-state index is 12.2. The molecule has 0 atom stereocenters. The number of carbonyl (C=O) groups is 1. The molecule has 0 spiro atoms. The molecule has 1 rings (SSSR count). The van der Waals surface area contributed by atoms with Gasteiger partial charge in [0.05, 0.1) is 10.6 Å². The van der Waals surface area contributed by atoms with Crippen molar-refractivity contribution in [1.82, 2.24) is 15.1 Å². The van der Waals surface area contributed by atoms with Gasteiger partial charge in [0, 0.05) is 26.2 Å². The monoisotopic (exact) mass is 355 g/mol. The molecule has 1 aromatic rings. The minimum atomic E-state index is -3.36. The smallest absolute Gasteiger partial charge is 0.317 e. The van der Waals surface area contributed by atoms with Gasteiger partial charge in [-0.25, -0.2) is 13.2 Å². The van der Waals surface area contributed by atoms with E-state index in [4.69, 9.17) is 0 Å². The molecular formula is C17H29N3O3S. The third-order valence-electron chi connectivity index (χ3n) is 4.00. The molecule has 0 aliphatic carbocycles. The molecule has 1 aromatic carbocycles. The van der Waals surface area contributed by atoms with E-state index < -0.39 is 9.84 Å². The van der Waals surface area contributed by atoms with Crippen LogP contribution in [0.3, 0.4) is 0 Å². The number of benzene rings is 1. The van der Waals surface area contributed by atoms with Crippen molar-refractivity contribution in [3.05, 3.63) is 30.3 Å². The molecule has 0 aliphatic heterocycles. The molecule has 0 saturated heterocycles. The standard InChI is InChI=1S/C17H29N3O3S/c1-4-19(5-2)13-14-20(6-3)17(21)18-12-15-24(22,23)16-10-8-7-9-11-16/h7-11H,4-6,12-15H2,1-3H3,(H,18,21). The molecule has 0 bridgehead atoms. The summed E-state index contributed by atoms with van der Waals surface area (Å²) < 4.78 is 24.3. The van der Waals surface area contributed by atoms with Crippen LogP contribution in [0.4, 0.5) is 4.79 Å². The first-order valence-electron chi connectivity index (χ1n) is 8.47. The van der Waals surface area contributed by atoms with E-state index in [0.29, 0.717) is 13.1 Å². The SMILES string of the molecule is CCN(CC)CCN(CC)C(=O)NCCS(=O)(=O)c1ccccc1. The summed E-state index contributed by atoms with van der Waals surface area (Å²) in [5, 5.41) is 2.71. The Bertz CT molecular complexity index is 586. The summed E-state index contributed by atoms with van der Waals surface area (Å²) in [6.45, 7) is 10.2. The molecule has 0 radical (unpaired) electrons. The number of sulfone groups is 1. The van der Waals surface area contributed by atoms with Crippen molar-refractivity contribution in [2.24, 2.45) is 0 Å². The fourth-order valence-corrected chi connectivity index (χ4v) is 3.53. The highest BCUT2D eigenvalue weighted by Gasteiger charge is 2.16. The Morgan fingerprint density at radius 3 is 2.17 bits per heavy atom. The van der Waals surface area contributed by atoms with Crippen LogP contribution in [0.1, 0.15) is 20.8 Å². The van der Waals surface area contributed by atoms with Crippen LogP contribution in [0.5, 0.6) is 0 Å². The number of hydrogen-bond donors (Lipinski definition) is 1. The van der Waals surface area contributed by atoms with Gasteiger partial charge in [-0.15, -0.1) is 0 Å². The Kier molecular flexibility index (Phi) is 8.78. The zero-order valence-corrected chi connectivity index (χ0v) is 15.7. The number of carbonyl (C=O) groups excluding carboxylic acids is 1. The third-order valence-corrected chi connectivity index (χ3v) is 5.73. The number of hydrogen-bond acceptors (Lipinski definition) is 4. The van der Waals surface area contributed by atoms with Gasteiger partial charge in [0.25, 0.3) is 0 Å². The van der Waals surface area contributed by atoms with Crippen LogP contribution in [-0.4, -0.2) is 69.3 Å². The summed E-state index contributed by atoms with van der Waals surface area (Å²) in [4.78, 5) is 16.4. The largest absolute Gasteiger partial charge is 0.337 e. The fourth-order valence-electron chi connectivity index (χ4n) is 2.36. The topological polar surface area (TPSA) is 69.7 Å². The van der Waals surface area contributed by atoms with Crippen LogP contribution in [-0.2, 0) is 9.84 Å². The molecule has 2 amide bonds. The predicted octanol–water partition coefficient (Wildman–Crippen LogP) is 1.83. The van der Waals surface area contributed by atoms with E-state index in [1.54, 1.807) is 35.2 Å². The summed E-state index contributed by atoms with van der Waals surface area (Å²) in [7, 11) is -3.36. The zero-order chi connectivity index (χ0) is 18.0. The lowest BCUT2D eigenvalue weighted by atomic mass is 10.4. The Balaban J connectivity index is 2.46. The summed E-state index contributed by atoms with van der Waals surface area (Å²) in [6.07, 6.45) is 0. The molecular weight excluding hydrogens is 326 g/mol. The number of rotatable bonds is 10. The molecule has 6 nitrogen and oxygen atoms in total. The number of urea groups is 1. The Labute approximate surface area is 145 Å². The Hall–Kier alpha value is -1.60. The predicted molar refractivity (Wildman–Crippen MR) is 96.9 cm³/mol. The van der Waals surface area contributed by atoms with E-state index in [0.717, 1.165) is 19.6 Å². The molecule has 136 valence electrons. The quantitative estimate of drug-likeness (QED) is 0.695. The molecule has 0 saturated carbocycles. The highest BCUT2D eigenvalue weighted by molar-refractivity contribution is 7.91. The number of amides is 2. The van der Waals surface area contributed by atoms with Crippen LogP contribution in [0.15, 0.2) is 35.2 Å². The second-order valence-corrected chi connectivity index (χ2v) is 7.58. The third kappa shape index (κ3) is 6.49. The molecule has 7 heteroatoms. The van der Waals surface area contributed by atoms with Crippen LogP contribution in [0, 0.1) is 0 Å². The van der Waals surface area contributed by atoms with Gasteiger partial charge < -0.3 is 15.1 Å². The van der Waals surface area contributed by atoms with Gasteiger partial charge in [0.15, 0.2) is 9.84 Å². The molecule has 24 heavy (non-hydrogen) atoms. The average Bonchev–Trinajstić information content (AvgIpc) is 2.59. The minimum absolute atomic E-state index is 0.101. The van der Waals surface area contributed by atoms with E-state index >= 15 is 0 Å². The summed E-state index contributed by atoms with van der Waals surface area (Å²) in [5.41, 5.74) is 0. The van der Waals surface area contributed by atoms with Crippen molar-refractivity contribution in [2.45, 2.75) is 25.7 Å². The van der Waals surface area contributed by atoms with Crippen molar-refractivity contribution >= 4 is 15.9 Å². The maximum Gasteiger partial charge on any atom is 0.317 e. The van der Waals surface area contributed by atoms with Gasteiger partial charge in [-0.2, -0.15) is 0 Å². The van der Waals surface area contributed by atoms with Crippen molar-refractivity contribution in [3.63, 3.8) is 0 Å². The minimum Gasteiger partial charge on any atom is -0.337 e. The summed E-state index contributed by atoms with van der Waals surface area (Å²) >= 11 is 0. The van der Waals surface area contributed by atoms with E-state index in [2.05, 4.69) is 24.1 Å². The van der Waals surface area contributed by atoms with Crippen LogP contribution < -0.4 is 5.32 Å². The molecule has 1 N–H and O–H groups in total. The van der Waals surface area contributed by atoms with Crippen molar-refractivity contribution in [2.75, 3.05) is 45.0 Å². The van der Waals surface area contributed by atoms with Crippen LogP contribution >= 0.6 is 0 Å². The van der Waals surface area contributed by atoms with Gasteiger partial charge >= 0.3 is 6.03 Å². The zero-order valence-electron chi connectivity index (χ0n) is 14.9.